The molecule has 0 radical (unpaired) electrons. The maximum Gasteiger partial charge on any atom is 0.409 e. The second-order valence-electron chi connectivity index (χ2n) is 9.84. The number of halogens is 4. The summed E-state index contributed by atoms with van der Waals surface area (Å²) < 4.78 is 42.4. The number of amides is 2. The number of ether oxygens (including phenoxy) is 1. The van der Waals surface area contributed by atoms with Crippen LogP contribution in [0.4, 0.5) is 23.8 Å². The first-order chi connectivity index (χ1) is 18.6. The first-order valence-electron chi connectivity index (χ1n) is 12.7. The Kier molecular flexibility index (Phi) is 8.85. The summed E-state index contributed by atoms with van der Waals surface area (Å²) in [7, 11) is 1.49. The minimum absolute atomic E-state index is 0.0114. The topological polar surface area (TPSA) is 89.8 Å². The van der Waals surface area contributed by atoms with E-state index in [1.165, 1.54) is 18.1 Å². The number of rotatable bonds is 6. The highest BCUT2D eigenvalue weighted by molar-refractivity contribution is 6.30. The minimum atomic E-state index is -4.42. The highest BCUT2D eigenvalue weighted by Crippen LogP contribution is 2.34. The van der Waals surface area contributed by atoms with E-state index in [1.54, 1.807) is 29.2 Å². The highest BCUT2D eigenvalue weighted by Gasteiger charge is 2.42. The zero-order chi connectivity index (χ0) is 28.2. The summed E-state index contributed by atoms with van der Waals surface area (Å²) >= 11 is 6.05. The Hall–Kier alpha value is -3.52. The van der Waals surface area contributed by atoms with Crippen LogP contribution in [-0.2, 0) is 9.53 Å². The molecule has 12 heteroatoms. The normalized spacial score (nSPS) is 20.0. The molecule has 2 fully saturated rings. The molecule has 4 rings (SSSR count). The first kappa shape index (κ1) is 28.5. The number of piperidine rings is 1. The molecule has 208 valence electrons. The van der Waals surface area contributed by atoms with Gasteiger partial charge in [-0.25, -0.2) is 9.78 Å². The minimum Gasteiger partial charge on any atom is -0.449 e. The van der Waals surface area contributed by atoms with Crippen LogP contribution < -0.4 is 4.90 Å². The largest absolute Gasteiger partial charge is 0.449 e. The van der Waals surface area contributed by atoms with Gasteiger partial charge in [-0.2, -0.15) is 18.4 Å². The summed E-state index contributed by atoms with van der Waals surface area (Å²) in [5.41, 5.74) is 1.35. The van der Waals surface area contributed by atoms with Crippen molar-refractivity contribution in [3.63, 3.8) is 0 Å². The third kappa shape index (κ3) is 7.12. The Labute approximate surface area is 229 Å². The molecule has 2 aromatic rings. The van der Waals surface area contributed by atoms with Gasteiger partial charge in [0.05, 0.1) is 18.0 Å². The lowest BCUT2D eigenvalue weighted by Crippen LogP contribution is -2.44. The summed E-state index contributed by atoms with van der Waals surface area (Å²) in [6.45, 7) is 1.12. The van der Waals surface area contributed by atoms with E-state index in [9.17, 15) is 22.8 Å². The van der Waals surface area contributed by atoms with Crippen molar-refractivity contribution >= 4 is 29.4 Å². The number of carbonyl (C=O) groups excluding carboxylic acids is 2. The molecule has 1 aromatic carbocycles. The van der Waals surface area contributed by atoms with Gasteiger partial charge in [0.1, 0.15) is 18.5 Å². The van der Waals surface area contributed by atoms with E-state index in [2.05, 4.69) is 9.88 Å². The predicted octanol–water partition coefficient (Wildman–Crippen LogP) is 4.84. The Balaban J connectivity index is 1.42. The molecule has 0 N–H and O–H groups in total. The fourth-order valence-corrected chi connectivity index (χ4v) is 5.27. The fourth-order valence-electron chi connectivity index (χ4n) is 5.14. The zero-order valence-electron chi connectivity index (χ0n) is 21.4. The maximum absolute atomic E-state index is 13.6. The quantitative estimate of drug-likeness (QED) is 0.500. The second-order valence-corrected chi connectivity index (χ2v) is 10.3. The van der Waals surface area contributed by atoms with Gasteiger partial charge in [-0.3, -0.25) is 4.79 Å². The lowest BCUT2D eigenvalue weighted by atomic mass is 9.93. The number of hydrogen-bond donors (Lipinski definition) is 0. The number of pyridine rings is 1. The Bertz CT molecular complexity index is 1200. The van der Waals surface area contributed by atoms with Gasteiger partial charge in [-0.15, -0.1) is 0 Å². The molecule has 0 saturated carbocycles. The van der Waals surface area contributed by atoms with Crippen LogP contribution in [0.3, 0.4) is 0 Å². The van der Waals surface area contributed by atoms with E-state index in [1.807, 2.05) is 18.2 Å². The molecular weight excluding hydrogens is 535 g/mol. The molecule has 1 aromatic heterocycles. The number of nitriles is 1. The van der Waals surface area contributed by atoms with Crippen molar-refractivity contribution in [3.8, 4) is 6.07 Å². The average molecular weight is 564 g/mol. The molecule has 0 bridgehead atoms. The smallest absolute Gasteiger partial charge is 0.409 e. The van der Waals surface area contributed by atoms with E-state index in [0.717, 1.165) is 11.4 Å². The van der Waals surface area contributed by atoms with Crippen LogP contribution in [0.15, 0.2) is 42.6 Å². The molecular formula is C27H29ClF3N5O3. The standard InChI is InChI=1S/C27H29ClF3N5O3/c1-34(26(38)39-13-10-27(29,30)31)23-17-36(16-22(23)19-3-5-21(28)6-4-19)25(37)20-8-11-35(12-9-20)24-7-2-18(14-32)15-33-24/h2-7,15,20,22-23H,8-13,16-17H2,1H3/t22-,23+/m0/s1. The van der Waals surface area contributed by atoms with E-state index in [0.29, 0.717) is 43.1 Å². The number of likely N-dealkylation sites (tertiary alicyclic amines) is 1. The second kappa shape index (κ2) is 12.1. The van der Waals surface area contributed by atoms with Gasteiger partial charge in [0.25, 0.3) is 0 Å². The fraction of sp³-hybridized carbons (Fsp3) is 0.481. The van der Waals surface area contributed by atoms with E-state index in [-0.39, 0.29) is 24.3 Å². The van der Waals surface area contributed by atoms with Crippen molar-refractivity contribution in [2.24, 2.45) is 5.92 Å². The molecule has 2 atom stereocenters. The highest BCUT2D eigenvalue weighted by atomic mass is 35.5. The molecule has 2 saturated heterocycles. The monoisotopic (exact) mass is 563 g/mol. The summed E-state index contributed by atoms with van der Waals surface area (Å²) in [5.74, 6) is 0.292. The van der Waals surface area contributed by atoms with E-state index >= 15 is 0 Å². The molecule has 39 heavy (non-hydrogen) atoms. The lowest BCUT2D eigenvalue weighted by Gasteiger charge is -2.34. The summed E-state index contributed by atoms with van der Waals surface area (Å²) in [5, 5.41) is 9.52. The van der Waals surface area contributed by atoms with Gasteiger partial charge < -0.3 is 19.4 Å². The van der Waals surface area contributed by atoms with Gasteiger partial charge >= 0.3 is 12.3 Å². The molecule has 0 aliphatic carbocycles. The predicted molar refractivity (Wildman–Crippen MR) is 138 cm³/mol. The van der Waals surface area contributed by atoms with Crippen LogP contribution in [-0.4, -0.2) is 78.8 Å². The van der Waals surface area contributed by atoms with Crippen molar-refractivity contribution in [3.05, 3.63) is 58.7 Å². The Morgan fingerprint density at radius 2 is 1.85 bits per heavy atom. The van der Waals surface area contributed by atoms with Gasteiger partial charge in [0, 0.05) is 56.3 Å². The molecule has 3 heterocycles. The van der Waals surface area contributed by atoms with Crippen molar-refractivity contribution < 1.29 is 27.5 Å². The molecule has 0 spiro atoms. The number of hydrogen-bond acceptors (Lipinski definition) is 6. The number of likely N-dealkylation sites (N-methyl/N-ethyl adjacent to an activating group) is 1. The van der Waals surface area contributed by atoms with Crippen LogP contribution >= 0.6 is 11.6 Å². The van der Waals surface area contributed by atoms with Crippen LogP contribution in [0.25, 0.3) is 0 Å². The van der Waals surface area contributed by atoms with Gasteiger partial charge in [0.2, 0.25) is 5.91 Å². The number of carbonyl (C=O) groups is 2. The SMILES string of the molecule is CN(C(=O)OCCC(F)(F)F)[C@@H]1CN(C(=O)C2CCN(c3ccc(C#N)cn3)CC2)C[C@H]1c1ccc(Cl)cc1. The Morgan fingerprint density at radius 3 is 2.44 bits per heavy atom. The molecule has 8 nitrogen and oxygen atoms in total. The number of alkyl halides is 3. The van der Waals surface area contributed by atoms with Crippen molar-refractivity contribution in [1.29, 1.82) is 5.26 Å². The Morgan fingerprint density at radius 1 is 1.15 bits per heavy atom. The van der Waals surface area contributed by atoms with Gasteiger partial charge in [-0.05, 0) is 42.7 Å². The van der Waals surface area contributed by atoms with Gasteiger partial charge in [-0.1, -0.05) is 23.7 Å². The molecule has 2 aliphatic heterocycles. The van der Waals surface area contributed by atoms with Crippen molar-refractivity contribution in [2.45, 2.75) is 37.4 Å². The van der Waals surface area contributed by atoms with Crippen molar-refractivity contribution in [2.75, 3.05) is 44.7 Å². The third-order valence-corrected chi connectivity index (χ3v) is 7.59. The third-order valence-electron chi connectivity index (χ3n) is 7.34. The van der Waals surface area contributed by atoms with Crippen molar-refractivity contribution in [1.82, 2.24) is 14.8 Å². The number of nitrogens with zero attached hydrogens (tertiary/aromatic N) is 5. The molecule has 2 aliphatic rings. The molecule has 0 unspecified atom stereocenters. The first-order valence-corrected chi connectivity index (χ1v) is 13.0. The maximum atomic E-state index is 13.6. The van der Waals surface area contributed by atoms with Crippen LogP contribution in [0, 0.1) is 17.2 Å². The summed E-state index contributed by atoms with van der Waals surface area (Å²) in [6.07, 6.45) is -3.73. The zero-order valence-corrected chi connectivity index (χ0v) is 22.2. The lowest BCUT2D eigenvalue weighted by molar-refractivity contribution is -0.142. The number of anilines is 1. The average Bonchev–Trinajstić information content (AvgIpc) is 3.37. The van der Waals surface area contributed by atoms with E-state index < -0.39 is 31.3 Å². The number of benzene rings is 1. The van der Waals surface area contributed by atoms with Gasteiger partial charge in [0.15, 0.2) is 0 Å². The van der Waals surface area contributed by atoms with Crippen LogP contribution in [0.2, 0.25) is 5.02 Å². The van der Waals surface area contributed by atoms with Crippen LogP contribution in [0.1, 0.15) is 36.3 Å². The number of aromatic nitrogens is 1. The van der Waals surface area contributed by atoms with E-state index in [4.69, 9.17) is 21.6 Å². The molecule has 2 amide bonds. The van der Waals surface area contributed by atoms with Crippen LogP contribution in [0.5, 0.6) is 0 Å². The summed E-state index contributed by atoms with van der Waals surface area (Å²) in [4.78, 5) is 35.6. The summed E-state index contributed by atoms with van der Waals surface area (Å²) in [6, 6.07) is 12.2.